The molecule has 0 aliphatic heterocycles. The molecule has 2 nitrogen and oxygen atoms in total. The highest BCUT2D eigenvalue weighted by atomic mass is 16.3. The molecule has 0 saturated heterocycles. The number of para-hydroxylation sites is 1. The molecule has 0 spiro atoms. The van der Waals surface area contributed by atoms with Crippen LogP contribution in [0.25, 0.3) is 44.2 Å². The van der Waals surface area contributed by atoms with Gasteiger partial charge in [0.15, 0.2) is 0 Å². The minimum Gasteiger partial charge on any atom is -0.455 e. The maximum atomic E-state index is 6.51. The molecule has 2 heteroatoms. The molecule has 1 aliphatic rings. The van der Waals surface area contributed by atoms with Crippen molar-refractivity contribution in [1.29, 1.82) is 0 Å². The average molecular weight is 690 g/mol. The third-order valence-corrected chi connectivity index (χ3v) is 10.7. The van der Waals surface area contributed by atoms with Gasteiger partial charge in [-0.3, -0.25) is 0 Å². The average Bonchev–Trinajstić information content (AvgIpc) is 3.66. The quantitative estimate of drug-likeness (QED) is 0.126. The zero-order valence-corrected chi connectivity index (χ0v) is 31.5. The topological polar surface area (TPSA) is 16.4 Å². The van der Waals surface area contributed by atoms with Gasteiger partial charge in [0.25, 0.3) is 0 Å². The van der Waals surface area contributed by atoms with Crippen LogP contribution in [0.5, 0.6) is 0 Å². The summed E-state index contributed by atoms with van der Waals surface area (Å²) in [6, 6.07) is 41.2. The van der Waals surface area contributed by atoms with Crippen molar-refractivity contribution in [2.45, 2.75) is 40.0 Å². The Morgan fingerprint density at radius 2 is 1.45 bits per heavy atom. The number of nitrogens with zero attached hydrogens (tertiary/aromatic N) is 1. The van der Waals surface area contributed by atoms with Crippen molar-refractivity contribution in [3.8, 4) is 11.1 Å². The maximum absolute atomic E-state index is 6.51. The predicted molar refractivity (Wildman–Crippen MR) is 230 cm³/mol. The molecule has 0 amide bonds. The molecule has 0 unspecified atom stereocenters. The summed E-state index contributed by atoms with van der Waals surface area (Å²) in [5.41, 5.74) is 16.0. The van der Waals surface area contributed by atoms with Gasteiger partial charge in [0.2, 0.25) is 0 Å². The molecule has 5 aromatic carbocycles. The Morgan fingerprint density at radius 1 is 0.792 bits per heavy atom. The Morgan fingerprint density at radius 3 is 2.15 bits per heavy atom. The Balaban J connectivity index is 1.22. The van der Waals surface area contributed by atoms with E-state index in [1.165, 1.54) is 44.2 Å². The molecule has 0 saturated carbocycles. The Labute approximate surface area is 314 Å². The van der Waals surface area contributed by atoms with E-state index in [0.29, 0.717) is 6.54 Å². The molecule has 1 heterocycles. The van der Waals surface area contributed by atoms with Crippen molar-refractivity contribution in [3.05, 3.63) is 204 Å². The number of allylic oxidation sites excluding steroid dienone is 11. The highest BCUT2D eigenvalue weighted by Crippen LogP contribution is 2.50. The van der Waals surface area contributed by atoms with Gasteiger partial charge in [0, 0.05) is 39.7 Å². The van der Waals surface area contributed by atoms with E-state index in [9.17, 15) is 0 Å². The number of furan rings is 1. The number of benzene rings is 5. The number of hydrogen-bond acceptors (Lipinski definition) is 2. The van der Waals surface area contributed by atoms with Crippen molar-refractivity contribution >= 4 is 44.5 Å². The van der Waals surface area contributed by atoms with Gasteiger partial charge in [-0.05, 0) is 101 Å². The molecule has 0 atom stereocenters. The van der Waals surface area contributed by atoms with Gasteiger partial charge in [0.1, 0.15) is 11.2 Å². The first kappa shape index (κ1) is 35.3. The number of fused-ring (bicyclic) bond motifs is 5. The van der Waals surface area contributed by atoms with Gasteiger partial charge >= 0.3 is 0 Å². The first-order chi connectivity index (χ1) is 25.7. The SMILES string of the molecule is C=C/C=C\C(=C)/C(C)=C/C(=C\C)c1ccc(N(C/C=C\C2=C(C)c3c(ccc4c3oc3ccccc34)C2(C)C)c2ccc(-c3ccccc3)cc2)cc1. The summed E-state index contributed by atoms with van der Waals surface area (Å²) < 4.78 is 6.51. The van der Waals surface area contributed by atoms with Gasteiger partial charge in [-0.2, -0.15) is 0 Å². The lowest BCUT2D eigenvalue weighted by Crippen LogP contribution is -2.18. The third-order valence-electron chi connectivity index (χ3n) is 10.7. The summed E-state index contributed by atoms with van der Waals surface area (Å²) in [5.74, 6) is 0. The molecule has 6 aromatic rings. The lowest BCUT2D eigenvalue weighted by molar-refractivity contribution is 0.645. The van der Waals surface area contributed by atoms with Gasteiger partial charge in [-0.15, -0.1) is 0 Å². The minimum atomic E-state index is -0.159. The number of rotatable bonds is 11. The van der Waals surface area contributed by atoms with E-state index in [0.717, 1.165) is 44.8 Å². The molecule has 0 bridgehead atoms. The first-order valence-corrected chi connectivity index (χ1v) is 18.4. The van der Waals surface area contributed by atoms with E-state index in [2.05, 4.69) is 186 Å². The van der Waals surface area contributed by atoms with Crippen molar-refractivity contribution in [1.82, 2.24) is 0 Å². The summed E-state index contributed by atoms with van der Waals surface area (Å²) >= 11 is 0. The fourth-order valence-corrected chi connectivity index (χ4v) is 7.67. The van der Waals surface area contributed by atoms with Crippen molar-refractivity contribution in [2.24, 2.45) is 0 Å². The van der Waals surface area contributed by atoms with E-state index in [-0.39, 0.29) is 5.41 Å². The molecule has 1 aromatic heterocycles. The van der Waals surface area contributed by atoms with E-state index >= 15 is 0 Å². The minimum absolute atomic E-state index is 0.159. The fraction of sp³-hybridized carbons (Fsp3) is 0.137. The lowest BCUT2D eigenvalue weighted by Gasteiger charge is -2.26. The van der Waals surface area contributed by atoms with Crippen LogP contribution in [0.4, 0.5) is 11.4 Å². The molecule has 7 rings (SSSR count). The Bertz CT molecular complexity index is 2480. The van der Waals surface area contributed by atoms with Crippen LogP contribution in [0.1, 0.15) is 51.3 Å². The zero-order chi connectivity index (χ0) is 37.1. The monoisotopic (exact) mass is 689 g/mol. The van der Waals surface area contributed by atoms with Crippen molar-refractivity contribution < 1.29 is 4.42 Å². The number of hydrogen-bond donors (Lipinski definition) is 0. The van der Waals surface area contributed by atoms with Crippen LogP contribution < -0.4 is 4.90 Å². The van der Waals surface area contributed by atoms with E-state index in [4.69, 9.17) is 4.42 Å². The van der Waals surface area contributed by atoms with E-state index in [1.54, 1.807) is 6.08 Å². The summed E-state index contributed by atoms with van der Waals surface area (Å²) in [6.07, 6.45) is 14.7. The van der Waals surface area contributed by atoms with Crippen LogP contribution in [0.2, 0.25) is 0 Å². The van der Waals surface area contributed by atoms with E-state index in [1.807, 2.05) is 18.2 Å². The molecule has 1 aliphatic carbocycles. The largest absolute Gasteiger partial charge is 0.455 e. The molecule has 0 fully saturated rings. The third kappa shape index (κ3) is 6.81. The zero-order valence-electron chi connectivity index (χ0n) is 31.5. The smallest absolute Gasteiger partial charge is 0.143 e. The van der Waals surface area contributed by atoms with Crippen LogP contribution in [-0.4, -0.2) is 6.54 Å². The number of anilines is 2. The van der Waals surface area contributed by atoms with Crippen LogP contribution >= 0.6 is 0 Å². The highest BCUT2D eigenvalue weighted by Gasteiger charge is 2.37. The van der Waals surface area contributed by atoms with Crippen LogP contribution in [0.3, 0.4) is 0 Å². The van der Waals surface area contributed by atoms with Gasteiger partial charge in [0.05, 0.1) is 0 Å². The van der Waals surface area contributed by atoms with Crippen LogP contribution in [0.15, 0.2) is 192 Å². The molecular weight excluding hydrogens is 643 g/mol. The molecule has 0 N–H and O–H groups in total. The molecular formula is C51H47NO. The second kappa shape index (κ2) is 14.9. The van der Waals surface area contributed by atoms with Gasteiger partial charge in [-0.25, -0.2) is 0 Å². The van der Waals surface area contributed by atoms with Crippen molar-refractivity contribution in [2.75, 3.05) is 11.4 Å². The van der Waals surface area contributed by atoms with Gasteiger partial charge < -0.3 is 9.32 Å². The summed E-state index contributed by atoms with van der Waals surface area (Å²) in [4.78, 5) is 2.38. The normalized spacial score (nSPS) is 14.5. The molecule has 53 heavy (non-hydrogen) atoms. The van der Waals surface area contributed by atoms with E-state index < -0.39 is 0 Å². The first-order valence-electron chi connectivity index (χ1n) is 18.4. The Hall–Kier alpha value is -6.12. The van der Waals surface area contributed by atoms with Crippen LogP contribution in [0, 0.1) is 0 Å². The lowest BCUT2D eigenvalue weighted by atomic mass is 9.81. The van der Waals surface area contributed by atoms with Crippen molar-refractivity contribution in [3.63, 3.8) is 0 Å². The predicted octanol–water partition coefficient (Wildman–Crippen LogP) is 14.4. The second-order valence-corrected chi connectivity index (χ2v) is 14.3. The second-order valence-electron chi connectivity index (χ2n) is 14.3. The van der Waals surface area contributed by atoms with Gasteiger partial charge in [-0.1, -0.05) is 154 Å². The fourth-order valence-electron chi connectivity index (χ4n) is 7.67. The molecule has 0 radical (unpaired) electrons. The van der Waals surface area contributed by atoms with Crippen LogP contribution in [-0.2, 0) is 5.41 Å². The summed E-state index contributed by atoms with van der Waals surface area (Å²) in [7, 11) is 0. The summed E-state index contributed by atoms with van der Waals surface area (Å²) in [6.45, 7) is 19.8. The standard InChI is InChI=1S/C51H47NO/c1-8-10-17-35(3)36(4)34-38(9-2)40-23-27-42(28-24-40)52(43-29-25-41(26-30-43)39-18-12-11-13-19-39)33-16-21-46-37(5)49-47(51(46,6)7)32-31-45-44-20-14-15-22-48(44)53-50(45)49/h8-32,34H,1,3,33H2,2,4-7H3/b17-10-,21-16-,36-34+,38-9+. The summed E-state index contributed by atoms with van der Waals surface area (Å²) in [5, 5.41) is 2.34. The molecule has 262 valence electrons. The maximum Gasteiger partial charge on any atom is 0.143 e. The Kier molecular flexibility index (Phi) is 9.89. The highest BCUT2D eigenvalue weighted by molar-refractivity contribution is 6.10.